The molecule has 1 heterocycles. The number of hydrogen-bond acceptors (Lipinski definition) is 6. The molecule has 0 saturated heterocycles. The van der Waals surface area contributed by atoms with Gasteiger partial charge in [0.1, 0.15) is 17.4 Å². The molecule has 0 aliphatic rings. The second-order valence-electron chi connectivity index (χ2n) is 5.86. The van der Waals surface area contributed by atoms with E-state index in [1.165, 1.54) is 11.3 Å². The van der Waals surface area contributed by atoms with Crippen molar-refractivity contribution in [3.8, 4) is 5.75 Å². The molecule has 2 aromatic carbocycles. The molecule has 0 fully saturated rings. The number of thiazole rings is 1. The first-order valence-corrected chi connectivity index (χ1v) is 9.70. The predicted molar refractivity (Wildman–Crippen MR) is 108 cm³/mol. The van der Waals surface area contributed by atoms with Crippen molar-refractivity contribution >= 4 is 28.9 Å². The van der Waals surface area contributed by atoms with E-state index < -0.39 is 0 Å². The lowest BCUT2D eigenvalue weighted by atomic mass is 10.2. The molecular formula is C21H20N2O4S. The highest BCUT2D eigenvalue weighted by Crippen LogP contribution is 2.16. The Kier molecular flexibility index (Phi) is 6.75. The van der Waals surface area contributed by atoms with Crippen LogP contribution in [0.15, 0.2) is 60.0 Å². The normalized spacial score (nSPS) is 10.3. The second-order valence-corrected chi connectivity index (χ2v) is 6.80. The molecule has 7 heteroatoms. The average Bonchev–Trinajstić information content (AvgIpc) is 3.15. The van der Waals surface area contributed by atoms with E-state index in [1.54, 1.807) is 31.2 Å². The first-order chi connectivity index (χ1) is 13.6. The number of anilines is 1. The molecule has 0 bridgehead atoms. The number of carbonyl (C=O) groups excluding carboxylic acids is 2. The molecule has 0 saturated carbocycles. The van der Waals surface area contributed by atoms with Crippen LogP contribution in [0.4, 0.5) is 5.69 Å². The fourth-order valence-electron chi connectivity index (χ4n) is 2.43. The van der Waals surface area contributed by atoms with Gasteiger partial charge < -0.3 is 14.8 Å². The van der Waals surface area contributed by atoms with Crippen LogP contribution >= 0.6 is 11.3 Å². The Morgan fingerprint density at radius 1 is 1.07 bits per heavy atom. The van der Waals surface area contributed by atoms with Crippen molar-refractivity contribution in [2.45, 2.75) is 20.0 Å². The number of esters is 1. The Balaban J connectivity index is 1.49. The molecular weight excluding hydrogens is 376 g/mol. The maximum Gasteiger partial charge on any atom is 0.338 e. The average molecular weight is 396 g/mol. The van der Waals surface area contributed by atoms with Gasteiger partial charge in [0.05, 0.1) is 24.3 Å². The van der Waals surface area contributed by atoms with Crippen LogP contribution in [0.5, 0.6) is 5.75 Å². The fourth-order valence-corrected chi connectivity index (χ4v) is 3.14. The van der Waals surface area contributed by atoms with Gasteiger partial charge in [0.2, 0.25) is 5.91 Å². The maximum atomic E-state index is 12.2. The van der Waals surface area contributed by atoms with E-state index in [1.807, 2.05) is 35.7 Å². The Hall–Kier alpha value is -3.19. The lowest BCUT2D eigenvalue weighted by Gasteiger charge is -2.06. The standard InChI is InChI=1S/C21H20N2O4S/c1-2-26-21(25)15-8-10-16(11-9-15)22-19(24)12-17-14-28-20(23-17)13-27-18-6-4-3-5-7-18/h3-11,14H,2,12-13H2,1H3,(H,22,24). The van der Waals surface area contributed by atoms with Gasteiger partial charge >= 0.3 is 5.97 Å². The first-order valence-electron chi connectivity index (χ1n) is 8.82. The zero-order valence-electron chi connectivity index (χ0n) is 15.4. The van der Waals surface area contributed by atoms with Crippen LogP contribution < -0.4 is 10.1 Å². The summed E-state index contributed by atoms with van der Waals surface area (Å²) in [5.41, 5.74) is 1.75. The summed E-state index contributed by atoms with van der Waals surface area (Å²) in [6.45, 7) is 2.44. The molecule has 144 valence electrons. The number of hydrogen-bond donors (Lipinski definition) is 1. The summed E-state index contributed by atoms with van der Waals surface area (Å²) in [6.07, 6.45) is 0.168. The Morgan fingerprint density at radius 2 is 1.82 bits per heavy atom. The van der Waals surface area contributed by atoms with Crippen molar-refractivity contribution in [2.75, 3.05) is 11.9 Å². The van der Waals surface area contributed by atoms with Crippen LogP contribution in [0.2, 0.25) is 0 Å². The van der Waals surface area contributed by atoms with Crippen LogP contribution in [0.3, 0.4) is 0 Å². The van der Waals surface area contributed by atoms with Crippen molar-refractivity contribution < 1.29 is 19.1 Å². The maximum absolute atomic E-state index is 12.2. The zero-order valence-corrected chi connectivity index (χ0v) is 16.2. The van der Waals surface area contributed by atoms with E-state index in [9.17, 15) is 9.59 Å². The van der Waals surface area contributed by atoms with Gasteiger partial charge in [-0.3, -0.25) is 4.79 Å². The number of aromatic nitrogens is 1. The smallest absolute Gasteiger partial charge is 0.338 e. The predicted octanol–water partition coefficient (Wildman–Crippen LogP) is 4.08. The number of rotatable bonds is 8. The molecule has 3 aromatic rings. The van der Waals surface area contributed by atoms with E-state index >= 15 is 0 Å². The van der Waals surface area contributed by atoms with Crippen LogP contribution in [0, 0.1) is 0 Å². The number of amides is 1. The molecule has 0 radical (unpaired) electrons. The molecule has 1 N–H and O–H groups in total. The third kappa shape index (κ3) is 5.65. The number of nitrogens with one attached hydrogen (secondary N) is 1. The minimum atomic E-state index is -0.381. The van der Waals surface area contributed by atoms with Gasteiger partial charge in [-0.1, -0.05) is 18.2 Å². The number of nitrogens with zero attached hydrogens (tertiary/aromatic N) is 1. The van der Waals surface area contributed by atoms with Crippen molar-refractivity contribution in [1.82, 2.24) is 4.98 Å². The molecule has 0 unspecified atom stereocenters. The number of benzene rings is 2. The van der Waals surface area contributed by atoms with Crippen molar-refractivity contribution in [3.63, 3.8) is 0 Å². The summed E-state index contributed by atoms with van der Waals surface area (Å²) < 4.78 is 10.6. The SMILES string of the molecule is CCOC(=O)c1ccc(NC(=O)Cc2csc(COc3ccccc3)n2)cc1. The van der Waals surface area contributed by atoms with Gasteiger partial charge in [-0.2, -0.15) is 0 Å². The summed E-state index contributed by atoms with van der Waals surface area (Å²) in [5.74, 6) is 0.223. The van der Waals surface area contributed by atoms with Crippen molar-refractivity contribution in [3.05, 3.63) is 76.2 Å². The minimum absolute atomic E-state index is 0.168. The van der Waals surface area contributed by atoms with Crippen LogP contribution in [0.25, 0.3) is 0 Å². The molecule has 0 spiro atoms. The zero-order chi connectivity index (χ0) is 19.8. The molecule has 28 heavy (non-hydrogen) atoms. The van der Waals surface area contributed by atoms with Gasteiger partial charge in [0.25, 0.3) is 0 Å². The summed E-state index contributed by atoms with van der Waals surface area (Å²) in [7, 11) is 0. The second kappa shape index (κ2) is 9.66. The van der Waals surface area contributed by atoms with Crippen LogP contribution in [0.1, 0.15) is 28.0 Å². The summed E-state index contributed by atoms with van der Waals surface area (Å²) in [4.78, 5) is 28.3. The number of carbonyl (C=O) groups is 2. The Labute approximate surface area is 167 Å². The van der Waals surface area contributed by atoms with E-state index in [2.05, 4.69) is 10.3 Å². The third-order valence-corrected chi connectivity index (χ3v) is 4.60. The van der Waals surface area contributed by atoms with Crippen molar-refractivity contribution in [1.29, 1.82) is 0 Å². The van der Waals surface area contributed by atoms with Crippen molar-refractivity contribution in [2.24, 2.45) is 0 Å². The summed E-state index contributed by atoms with van der Waals surface area (Å²) >= 11 is 1.46. The topological polar surface area (TPSA) is 77.5 Å². The van der Waals surface area contributed by atoms with Crippen LogP contribution in [-0.2, 0) is 22.6 Å². The first kappa shape index (κ1) is 19.6. The Morgan fingerprint density at radius 3 is 2.54 bits per heavy atom. The quantitative estimate of drug-likeness (QED) is 0.581. The highest BCUT2D eigenvalue weighted by atomic mass is 32.1. The third-order valence-electron chi connectivity index (χ3n) is 3.73. The van der Waals surface area contributed by atoms with Crippen LogP contribution in [-0.4, -0.2) is 23.5 Å². The van der Waals surface area contributed by atoms with Gasteiger partial charge in [-0.15, -0.1) is 11.3 Å². The number of para-hydroxylation sites is 1. The van der Waals surface area contributed by atoms with E-state index in [0.717, 1.165) is 10.8 Å². The van der Waals surface area contributed by atoms with Gasteiger partial charge in [-0.05, 0) is 43.3 Å². The summed E-state index contributed by atoms with van der Waals surface area (Å²) in [5, 5.41) is 5.46. The molecule has 3 rings (SSSR count). The van der Waals surface area contributed by atoms with Gasteiger partial charge in [0.15, 0.2) is 0 Å². The van der Waals surface area contributed by atoms with Gasteiger partial charge in [-0.25, -0.2) is 9.78 Å². The molecule has 6 nitrogen and oxygen atoms in total. The van der Waals surface area contributed by atoms with E-state index in [-0.39, 0.29) is 18.3 Å². The van der Waals surface area contributed by atoms with E-state index in [0.29, 0.717) is 30.2 Å². The monoisotopic (exact) mass is 396 g/mol. The highest BCUT2D eigenvalue weighted by molar-refractivity contribution is 7.09. The Bertz CT molecular complexity index is 923. The largest absolute Gasteiger partial charge is 0.486 e. The summed E-state index contributed by atoms with van der Waals surface area (Å²) in [6, 6.07) is 16.1. The molecule has 0 aliphatic carbocycles. The molecule has 0 atom stereocenters. The minimum Gasteiger partial charge on any atom is -0.486 e. The molecule has 0 aliphatic heterocycles. The number of ether oxygens (including phenoxy) is 2. The lowest BCUT2D eigenvalue weighted by Crippen LogP contribution is -2.15. The lowest BCUT2D eigenvalue weighted by molar-refractivity contribution is -0.115. The highest BCUT2D eigenvalue weighted by Gasteiger charge is 2.10. The molecule has 1 amide bonds. The fraction of sp³-hybridized carbons (Fsp3) is 0.190. The van der Waals surface area contributed by atoms with Gasteiger partial charge in [0, 0.05) is 11.1 Å². The molecule has 1 aromatic heterocycles. The van der Waals surface area contributed by atoms with E-state index in [4.69, 9.17) is 9.47 Å².